The summed E-state index contributed by atoms with van der Waals surface area (Å²) < 4.78 is 1.08. The number of hydrogen-bond acceptors (Lipinski definition) is 1. The first kappa shape index (κ1) is 14.8. The first-order valence-corrected chi connectivity index (χ1v) is 8.79. The Kier molecular flexibility index (Phi) is 4.79. The van der Waals surface area contributed by atoms with Crippen LogP contribution in [-0.2, 0) is 12.8 Å². The number of rotatable bonds is 4. The molecule has 0 N–H and O–H groups in total. The van der Waals surface area contributed by atoms with E-state index in [0.29, 0.717) is 0 Å². The largest absolute Gasteiger partial charge is 0.140 e. The predicted octanol–water partition coefficient (Wildman–Crippen LogP) is 6.62. The molecule has 3 aromatic rings. The highest BCUT2D eigenvalue weighted by Crippen LogP contribution is 2.29. The van der Waals surface area contributed by atoms with Gasteiger partial charge in [-0.05, 0) is 54.3 Å². The van der Waals surface area contributed by atoms with Gasteiger partial charge in [0, 0.05) is 19.2 Å². The first-order chi connectivity index (χ1) is 10.2. The third-order valence-corrected chi connectivity index (χ3v) is 5.42. The summed E-state index contributed by atoms with van der Waals surface area (Å²) in [4.78, 5) is 2.72. The van der Waals surface area contributed by atoms with E-state index in [1.165, 1.54) is 20.9 Å². The van der Waals surface area contributed by atoms with Crippen LogP contribution in [0.1, 0.15) is 10.4 Å². The van der Waals surface area contributed by atoms with Gasteiger partial charge in [-0.15, -0.1) is 11.3 Å². The second kappa shape index (κ2) is 6.78. The van der Waals surface area contributed by atoms with Crippen molar-refractivity contribution in [3.8, 4) is 10.4 Å². The molecular weight excluding hydrogens is 364 g/mol. The van der Waals surface area contributed by atoms with Crippen LogP contribution in [0.2, 0.25) is 5.02 Å². The van der Waals surface area contributed by atoms with E-state index in [-0.39, 0.29) is 0 Å². The van der Waals surface area contributed by atoms with Crippen LogP contribution >= 0.6 is 38.9 Å². The Bertz CT molecular complexity index is 734. The zero-order chi connectivity index (χ0) is 14.7. The number of halogens is 2. The molecule has 0 nitrogen and oxygen atoms in total. The summed E-state index contributed by atoms with van der Waals surface area (Å²) in [7, 11) is 0. The predicted molar refractivity (Wildman–Crippen MR) is 96.3 cm³/mol. The quantitative estimate of drug-likeness (QED) is 0.479. The lowest BCUT2D eigenvalue weighted by molar-refractivity contribution is 0.980. The summed E-state index contributed by atoms with van der Waals surface area (Å²) in [6.07, 6.45) is 1.99. The normalized spacial score (nSPS) is 10.8. The Hall–Kier alpha value is -1.09. The number of thiophene rings is 1. The van der Waals surface area contributed by atoms with E-state index in [4.69, 9.17) is 11.6 Å². The van der Waals surface area contributed by atoms with Gasteiger partial charge < -0.3 is 0 Å². The molecule has 3 heteroatoms. The summed E-state index contributed by atoms with van der Waals surface area (Å²) in [5.74, 6) is 0. The van der Waals surface area contributed by atoms with Crippen molar-refractivity contribution in [1.82, 2.24) is 0 Å². The van der Waals surface area contributed by atoms with Gasteiger partial charge in [0.05, 0.1) is 0 Å². The van der Waals surface area contributed by atoms with Gasteiger partial charge in [0.1, 0.15) is 0 Å². The van der Waals surface area contributed by atoms with E-state index in [2.05, 4.69) is 58.4 Å². The van der Waals surface area contributed by atoms with Crippen molar-refractivity contribution in [2.24, 2.45) is 0 Å². The molecule has 0 amide bonds. The Labute approximate surface area is 142 Å². The van der Waals surface area contributed by atoms with Gasteiger partial charge in [-0.25, -0.2) is 0 Å². The van der Waals surface area contributed by atoms with E-state index < -0.39 is 0 Å². The summed E-state index contributed by atoms with van der Waals surface area (Å²) in [5.41, 5.74) is 2.48. The summed E-state index contributed by atoms with van der Waals surface area (Å²) in [6, 6.07) is 21.0. The SMILES string of the molecule is Clc1ccc(Br)cc1CCc1ccc(-c2ccccc2)s1. The molecule has 0 aliphatic heterocycles. The van der Waals surface area contributed by atoms with E-state index in [1.807, 2.05) is 29.5 Å². The van der Waals surface area contributed by atoms with E-state index in [1.54, 1.807) is 0 Å². The average molecular weight is 378 g/mol. The topological polar surface area (TPSA) is 0 Å². The molecule has 0 aliphatic carbocycles. The Morgan fingerprint density at radius 1 is 0.905 bits per heavy atom. The van der Waals surface area contributed by atoms with Crippen LogP contribution < -0.4 is 0 Å². The minimum absolute atomic E-state index is 0.845. The molecule has 0 fully saturated rings. The van der Waals surface area contributed by atoms with Gasteiger partial charge in [0.2, 0.25) is 0 Å². The van der Waals surface area contributed by atoms with Crippen molar-refractivity contribution in [3.63, 3.8) is 0 Å². The highest BCUT2D eigenvalue weighted by molar-refractivity contribution is 9.10. The summed E-state index contributed by atoms with van der Waals surface area (Å²) in [6.45, 7) is 0. The Morgan fingerprint density at radius 2 is 1.71 bits per heavy atom. The van der Waals surface area contributed by atoms with Crippen molar-refractivity contribution >= 4 is 38.9 Å². The molecule has 0 bridgehead atoms. The van der Waals surface area contributed by atoms with Crippen LogP contribution in [-0.4, -0.2) is 0 Å². The van der Waals surface area contributed by atoms with Crippen molar-refractivity contribution in [1.29, 1.82) is 0 Å². The minimum Gasteiger partial charge on any atom is -0.140 e. The lowest BCUT2D eigenvalue weighted by atomic mass is 10.1. The van der Waals surface area contributed by atoms with E-state index >= 15 is 0 Å². The Balaban J connectivity index is 1.72. The van der Waals surface area contributed by atoms with E-state index in [0.717, 1.165) is 22.3 Å². The van der Waals surface area contributed by atoms with Crippen molar-refractivity contribution in [3.05, 3.63) is 80.6 Å². The van der Waals surface area contributed by atoms with Crippen LogP contribution in [0.4, 0.5) is 0 Å². The third-order valence-electron chi connectivity index (χ3n) is 3.37. The fraction of sp³-hybridized carbons (Fsp3) is 0.111. The molecule has 2 aromatic carbocycles. The molecule has 0 atom stereocenters. The molecule has 0 spiro atoms. The molecular formula is C18H14BrClS. The van der Waals surface area contributed by atoms with E-state index in [9.17, 15) is 0 Å². The Morgan fingerprint density at radius 3 is 2.52 bits per heavy atom. The highest BCUT2D eigenvalue weighted by atomic mass is 79.9. The first-order valence-electron chi connectivity index (χ1n) is 6.80. The zero-order valence-electron chi connectivity index (χ0n) is 11.4. The van der Waals surface area contributed by atoms with Gasteiger partial charge in [0.15, 0.2) is 0 Å². The van der Waals surface area contributed by atoms with Gasteiger partial charge in [-0.2, -0.15) is 0 Å². The lowest BCUT2D eigenvalue weighted by Gasteiger charge is -2.04. The highest BCUT2D eigenvalue weighted by Gasteiger charge is 2.05. The maximum Gasteiger partial charge on any atom is 0.0438 e. The number of benzene rings is 2. The standard InChI is InChI=1S/C18H14BrClS/c19-15-7-10-17(20)14(12-15)6-8-16-9-11-18(21-16)13-4-2-1-3-5-13/h1-5,7,9-12H,6,8H2. The maximum absolute atomic E-state index is 6.25. The van der Waals surface area contributed by atoms with Crippen LogP contribution in [0, 0.1) is 0 Å². The smallest absolute Gasteiger partial charge is 0.0438 e. The van der Waals surface area contributed by atoms with Crippen molar-refractivity contribution in [2.45, 2.75) is 12.8 Å². The van der Waals surface area contributed by atoms with Gasteiger partial charge in [-0.1, -0.05) is 57.9 Å². The van der Waals surface area contributed by atoms with Gasteiger partial charge >= 0.3 is 0 Å². The number of hydrogen-bond donors (Lipinski definition) is 0. The minimum atomic E-state index is 0.845. The summed E-state index contributed by atoms with van der Waals surface area (Å²) >= 11 is 11.6. The zero-order valence-corrected chi connectivity index (χ0v) is 14.5. The molecule has 0 aliphatic rings. The van der Waals surface area contributed by atoms with Gasteiger partial charge in [-0.3, -0.25) is 0 Å². The van der Waals surface area contributed by atoms with Crippen LogP contribution in [0.3, 0.4) is 0 Å². The van der Waals surface area contributed by atoms with Crippen molar-refractivity contribution in [2.75, 3.05) is 0 Å². The fourth-order valence-corrected chi connectivity index (χ4v) is 3.90. The molecule has 106 valence electrons. The molecule has 0 saturated heterocycles. The maximum atomic E-state index is 6.25. The molecule has 0 saturated carbocycles. The fourth-order valence-electron chi connectivity index (χ4n) is 2.26. The lowest BCUT2D eigenvalue weighted by Crippen LogP contribution is -1.90. The van der Waals surface area contributed by atoms with Crippen LogP contribution in [0.5, 0.6) is 0 Å². The molecule has 0 unspecified atom stereocenters. The van der Waals surface area contributed by atoms with Crippen LogP contribution in [0.25, 0.3) is 10.4 Å². The summed E-state index contributed by atoms with van der Waals surface area (Å²) in [5, 5.41) is 0.845. The van der Waals surface area contributed by atoms with Crippen LogP contribution in [0.15, 0.2) is 65.1 Å². The monoisotopic (exact) mass is 376 g/mol. The molecule has 1 aromatic heterocycles. The molecule has 0 radical (unpaired) electrons. The third kappa shape index (κ3) is 3.76. The van der Waals surface area contributed by atoms with Crippen molar-refractivity contribution < 1.29 is 0 Å². The average Bonchev–Trinajstić information content (AvgIpc) is 2.98. The second-order valence-corrected chi connectivity index (χ2v) is 7.36. The molecule has 1 heterocycles. The second-order valence-electron chi connectivity index (χ2n) is 4.87. The molecule has 21 heavy (non-hydrogen) atoms. The number of aryl methyl sites for hydroxylation is 2. The van der Waals surface area contributed by atoms with Gasteiger partial charge in [0.25, 0.3) is 0 Å². The molecule has 3 rings (SSSR count).